The number of hydrogen-bond donors (Lipinski definition) is 2. The van der Waals surface area contributed by atoms with Crippen LogP contribution in [0.4, 0.5) is 0 Å². The van der Waals surface area contributed by atoms with Crippen LogP contribution in [0.1, 0.15) is 0 Å². The Balaban J connectivity index is 6.42. The third-order valence-corrected chi connectivity index (χ3v) is 2.62. The van der Waals surface area contributed by atoms with Gasteiger partial charge in [0, 0.05) is 0 Å². The van der Waals surface area contributed by atoms with Crippen LogP contribution >= 0.6 is 0 Å². The van der Waals surface area contributed by atoms with Gasteiger partial charge in [0.05, 0.1) is 28.4 Å². The molecule has 0 amide bonds. The molecule has 20 heavy (non-hydrogen) atoms. The Labute approximate surface area is 114 Å². The second kappa shape index (κ2) is 6.30. The minimum absolute atomic E-state index is 0.857. The van der Waals surface area contributed by atoms with Crippen molar-refractivity contribution in [1.82, 2.24) is 0 Å². The van der Waals surface area contributed by atoms with Gasteiger partial charge in [0.15, 0.2) is 0 Å². The average Bonchev–Trinajstić information content (AvgIpc) is 2.45. The first-order chi connectivity index (χ1) is 9.18. The van der Waals surface area contributed by atoms with Gasteiger partial charge in [0.2, 0.25) is 5.66 Å². The first-order valence-electron chi connectivity index (χ1n) is 5.09. The summed E-state index contributed by atoms with van der Waals surface area (Å²) in [5, 5.41) is 0. The van der Waals surface area contributed by atoms with E-state index in [1.54, 1.807) is 0 Å². The molecule has 0 aliphatic carbocycles. The van der Waals surface area contributed by atoms with Gasteiger partial charge in [0.25, 0.3) is 0 Å². The molecular weight excluding hydrogens is 276 g/mol. The van der Waals surface area contributed by atoms with Crippen molar-refractivity contribution in [2.24, 2.45) is 16.9 Å². The van der Waals surface area contributed by atoms with Gasteiger partial charge in [-0.25, -0.2) is 4.79 Å². The Morgan fingerprint density at radius 3 is 1.10 bits per heavy atom. The number of rotatable bonds is 5. The van der Waals surface area contributed by atoms with Crippen LogP contribution in [0.3, 0.4) is 0 Å². The highest BCUT2D eigenvalue weighted by molar-refractivity contribution is 6.22. The number of hydrogen-bond acceptors (Lipinski definition) is 10. The van der Waals surface area contributed by atoms with Crippen LogP contribution in [0.2, 0.25) is 0 Å². The van der Waals surface area contributed by atoms with E-state index in [1.807, 2.05) is 0 Å². The summed E-state index contributed by atoms with van der Waals surface area (Å²) in [6, 6.07) is 0. The zero-order valence-electron chi connectivity index (χ0n) is 11.4. The molecule has 4 N–H and O–H groups in total. The normalized spacial score (nSPS) is 11.3. The van der Waals surface area contributed by atoms with Crippen molar-refractivity contribution in [3.8, 4) is 0 Å². The van der Waals surface area contributed by atoms with Gasteiger partial charge in [-0.05, 0) is 0 Å². The van der Waals surface area contributed by atoms with E-state index in [9.17, 15) is 19.2 Å². The molecule has 0 rings (SSSR count). The lowest BCUT2D eigenvalue weighted by molar-refractivity contribution is -0.192. The maximum Gasteiger partial charge on any atom is 0.343 e. The molecule has 0 unspecified atom stereocenters. The largest absolute Gasteiger partial charge is 0.468 e. The Kier molecular flexibility index (Phi) is 5.61. The summed E-state index contributed by atoms with van der Waals surface area (Å²) in [6.45, 7) is 0. The molecule has 0 saturated carbocycles. The fourth-order valence-corrected chi connectivity index (χ4v) is 1.54. The molecule has 10 nitrogen and oxygen atoms in total. The maximum absolute atomic E-state index is 11.9. The van der Waals surface area contributed by atoms with Crippen molar-refractivity contribution in [1.29, 1.82) is 0 Å². The van der Waals surface area contributed by atoms with Gasteiger partial charge in [-0.1, -0.05) is 0 Å². The van der Waals surface area contributed by atoms with Crippen LogP contribution in [-0.2, 0) is 38.1 Å². The van der Waals surface area contributed by atoms with Gasteiger partial charge in [-0.2, -0.15) is 0 Å². The minimum Gasteiger partial charge on any atom is -0.468 e. The van der Waals surface area contributed by atoms with E-state index in [1.165, 1.54) is 0 Å². The Morgan fingerprint density at radius 2 is 0.900 bits per heavy atom. The van der Waals surface area contributed by atoms with E-state index in [2.05, 4.69) is 18.9 Å². The predicted octanol–water partition coefficient (Wildman–Crippen LogP) is -2.72. The van der Waals surface area contributed by atoms with Crippen LogP contribution in [-0.4, -0.2) is 58.0 Å². The molecule has 0 aromatic rings. The third kappa shape index (κ3) is 2.30. The molecule has 0 heterocycles. The van der Waals surface area contributed by atoms with Crippen molar-refractivity contribution < 1.29 is 38.1 Å². The zero-order valence-corrected chi connectivity index (χ0v) is 11.4. The van der Waals surface area contributed by atoms with Crippen LogP contribution in [0.5, 0.6) is 0 Å². The van der Waals surface area contributed by atoms with Crippen LogP contribution < -0.4 is 11.5 Å². The van der Waals surface area contributed by atoms with E-state index in [0.29, 0.717) is 0 Å². The Morgan fingerprint density at radius 1 is 0.650 bits per heavy atom. The maximum atomic E-state index is 11.9. The van der Waals surface area contributed by atoms with E-state index in [4.69, 9.17) is 11.5 Å². The summed E-state index contributed by atoms with van der Waals surface area (Å²) in [5.74, 6) is -5.98. The zero-order chi connectivity index (χ0) is 16.1. The molecule has 0 aliphatic rings. The van der Waals surface area contributed by atoms with Gasteiger partial charge in [-0.3, -0.25) is 14.4 Å². The third-order valence-electron chi connectivity index (χ3n) is 2.62. The van der Waals surface area contributed by atoms with E-state index >= 15 is 0 Å². The fraction of sp³-hybridized carbons (Fsp3) is 0.600. The molecule has 0 fully saturated rings. The summed E-state index contributed by atoms with van der Waals surface area (Å²) in [4.78, 5) is 47.4. The van der Waals surface area contributed by atoms with Gasteiger partial charge >= 0.3 is 29.3 Å². The van der Waals surface area contributed by atoms with Crippen LogP contribution in [0.15, 0.2) is 0 Å². The van der Waals surface area contributed by atoms with Crippen molar-refractivity contribution in [3.63, 3.8) is 0 Å². The lowest BCUT2D eigenvalue weighted by Gasteiger charge is -2.36. The molecule has 114 valence electrons. The molecule has 0 saturated heterocycles. The number of carbonyl (C=O) groups is 4. The van der Waals surface area contributed by atoms with Crippen LogP contribution in [0, 0.1) is 5.41 Å². The highest BCUT2D eigenvalue weighted by Gasteiger charge is 2.71. The number of nitrogens with two attached hydrogens (primary N) is 2. The van der Waals surface area contributed by atoms with Gasteiger partial charge < -0.3 is 30.4 Å². The molecule has 0 aromatic heterocycles. The molecule has 0 aromatic carbocycles. The van der Waals surface area contributed by atoms with Crippen molar-refractivity contribution >= 4 is 23.9 Å². The van der Waals surface area contributed by atoms with E-state index in [0.717, 1.165) is 28.4 Å². The topological polar surface area (TPSA) is 157 Å². The average molecular weight is 292 g/mol. The number of methoxy groups -OCH3 is 4. The molecule has 0 spiro atoms. The van der Waals surface area contributed by atoms with Crippen molar-refractivity contribution in [2.75, 3.05) is 28.4 Å². The summed E-state index contributed by atoms with van der Waals surface area (Å²) < 4.78 is 17.3. The molecule has 10 heteroatoms. The van der Waals surface area contributed by atoms with Gasteiger partial charge in [-0.15, -0.1) is 0 Å². The predicted molar refractivity (Wildman–Crippen MR) is 61.6 cm³/mol. The quantitative estimate of drug-likeness (QED) is 0.236. The highest BCUT2D eigenvalue weighted by atomic mass is 16.6. The van der Waals surface area contributed by atoms with Gasteiger partial charge in [0.1, 0.15) is 0 Å². The minimum atomic E-state index is -3.06. The molecule has 0 atom stereocenters. The summed E-state index contributed by atoms with van der Waals surface area (Å²) >= 11 is 0. The number of carbonyl (C=O) groups excluding carboxylic acids is 4. The first-order valence-corrected chi connectivity index (χ1v) is 5.09. The monoisotopic (exact) mass is 292 g/mol. The van der Waals surface area contributed by atoms with Crippen molar-refractivity contribution in [2.45, 2.75) is 5.66 Å². The van der Waals surface area contributed by atoms with E-state index in [-0.39, 0.29) is 0 Å². The van der Waals surface area contributed by atoms with E-state index < -0.39 is 35.0 Å². The lowest BCUT2D eigenvalue weighted by Crippen LogP contribution is -2.76. The molecule has 0 radical (unpaired) electrons. The number of ether oxygens (including phenoxy) is 4. The second-order valence-electron chi connectivity index (χ2n) is 3.59. The Hall–Kier alpha value is -2.20. The van der Waals surface area contributed by atoms with Crippen molar-refractivity contribution in [3.05, 3.63) is 0 Å². The smallest absolute Gasteiger partial charge is 0.343 e. The lowest BCUT2D eigenvalue weighted by atomic mass is 9.75. The first kappa shape index (κ1) is 17.8. The molecule has 0 aliphatic heterocycles. The Bertz CT molecular complexity index is 390. The highest BCUT2D eigenvalue weighted by Crippen LogP contribution is 2.32. The SMILES string of the molecule is COC(=O)C(N)(N)C(C(=O)OC)(C(=O)OC)C(=O)OC. The molecular formula is C10H16N2O8. The summed E-state index contributed by atoms with van der Waals surface area (Å²) in [6.07, 6.45) is 0. The standard InChI is InChI=1S/C10H16N2O8/c1-17-5(13)9(6(14)18-2,7(15)19-3)10(11,12)8(16)20-4/h11-12H2,1-4H3. The summed E-state index contributed by atoms with van der Waals surface area (Å²) in [7, 11) is 3.47. The fourth-order valence-electron chi connectivity index (χ4n) is 1.54. The molecule has 0 bridgehead atoms. The number of esters is 4. The van der Waals surface area contributed by atoms with Crippen LogP contribution in [0.25, 0.3) is 0 Å². The summed E-state index contributed by atoms with van der Waals surface area (Å²) in [5.41, 5.74) is 5.01. The second-order valence-corrected chi connectivity index (χ2v) is 3.59.